The lowest BCUT2D eigenvalue weighted by Gasteiger charge is -2.17. The number of methoxy groups -OCH3 is 2. The number of ether oxygens (including phenoxy) is 2. The Balaban J connectivity index is 1.82. The molecule has 0 spiro atoms. The van der Waals surface area contributed by atoms with Crippen LogP contribution >= 0.6 is 11.8 Å². The molecule has 3 rings (SSSR count). The van der Waals surface area contributed by atoms with Gasteiger partial charge in [-0.25, -0.2) is 0 Å². The van der Waals surface area contributed by atoms with Gasteiger partial charge in [0.1, 0.15) is 0 Å². The molecule has 2 aromatic rings. The van der Waals surface area contributed by atoms with Gasteiger partial charge >= 0.3 is 0 Å². The van der Waals surface area contributed by atoms with Gasteiger partial charge in [-0.05, 0) is 48.2 Å². The van der Waals surface area contributed by atoms with Gasteiger partial charge in [0, 0.05) is 0 Å². The largest absolute Gasteiger partial charge is 0.493 e. The average Bonchev–Trinajstić information content (AvgIpc) is 3.04. The summed E-state index contributed by atoms with van der Waals surface area (Å²) < 4.78 is 10.6. The second-order valence-electron chi connectivity index (χ2n) is 6.61. The van der Waals surface area contributed by atoms with Crippen molar-refractivity contribution >= 4 is 29.1 Å². The quantitative estimate of drug-likeness (QED) is 0.505. The summed E-state index contributed by atoms with van der Waals surface area (Å²) in [5.41, 5.74) is 3.09. The highest BCUT2D eigenvalue weighted by molar-refractivity contribution is 8.15. The molecule has 29 heavy (non-hydrogen) atoms. The van der Waals surface area contributed by atoms with Gasteiger partial charge in [-0.2, -0.15) is 5.10 Å². The van der Waals surface area contributed by atoms with Crippen molar-refractivity contribution in [3.8, 4) is 11.5 Å². The van der Waals surface area contributed by atoms with Crippen LogP contribution in [0.4, 0.5) is 0 Å². The Hall–Kier alpha value is -2.80. The highest BCUT2D eigenvalue weighted by Gasteiger charge is 2.37. The number of nitrogens with zero attached hydrogens (tertiary/aromatic N) is 3. The molecular weight excluding hydrogens is 386 g/mol. The molecule has 1 atom stereocenters. The van der Waals surface area contributed by atoms with Crippen molar-refractivity contribution in [1.29, 1.82) is 0 Å². The standard InChI is InChI=1S/C22H25N3O3S/c1-5-20-21(26)25(14-17-9-7-6-8-15(17)2)22(29-20)24-23-13-16-10-11-18(27-3)19(12-16)28-4/h6-13,20H,5,14H2,1-4H3. The second-order valence-corrected chi connectivity index (χ2v) is 7.78. The molecule has 152 valence electrons. The molecule has 0 saturated carbocycles. The van der Waals surface area contributed by atoms with Gasteiger partial charge in [0.25, 0.3) is 0 Å². The fourth-order valence-corrected chi connectivity index (χ4v) is 4.05. The van der Waals surface area contributed by atoms with Gasteiger partial charge in [-0.3, -0.25) is 9.69 Å². The molecule has 1 aliphatic rings. The number of amides is 1. The van der Waals surface area contributed by atoms with Gasteiger partial charge in [0.2, 0.25) is 5.91 Å². The van der Waals surface area contributed by atoms with Crippen molar-refractivity contribution in [2.75, 3.05) is 14.2 Å². The number of aryl methyl sites for hydroxylation is 1. The van der Waals surface area contributed by atoms with Gasteiger partial charge in [-0.1, -0.05) is 43.0 Å². The number of hydrogen-bond acceptors (Lipinski definition) is 6. The van der Waals surface area contributed by atoms with E-state index in [9.17, 15) is 4.79 Å². The van der Waals surface area contributed by atoms with Crippen LogP contribution < -0.4 is 9.47 Å². The predicted octanol–water partition coefficient (Wildman–Crippen LogP) is 4.26. The molecule has 1 aliphatic heterocycles. The summed E-state index contributed by atoms with van der Waals surface area (Å²) in [6.45, 7) is 4.56. The topological polar surface area (TPSA) is 63.5 Å². The summed E-state index contributed by atoms with van der Waals surface area (Å²) in [5, 5.41) is 9.09. The fourth-order valence-electron chi connectivity index (χ4n) is 3.03. The fraction of sp³-hybridized carbons (Fsp3) is 0.318. The molecule has 1 amide bonds. The van der Waals surface area contributed by atoms with Crippen LogP contribution in [0.1, 0.15) is 30.0 Å². The maximum Gasteiger partial charge on any atom is 0.242 e. The summed E-state index contributed by atoms with van der Waals surface area (Å²) in [4.78, 5) is 14.5. The van der Waals surface area contributed by atoms with Crippen molar-refractivity contribution in [1.82, 2.24) is 4.90 Å². The predicted molar refractivity (Wildman–Crippen MR) is 118 cm³/mol. The summed E-state index contributed by atoms with van der Waals surface area (Å²) >= 11 is 1.47. The molecule has 0 aromatic heterocycles. The average molecular weight is 412 g/mol. The highest BCUT2D eigenvalue weighted by Crippen LogP contribution is 2.31. The SMILES string of the molecule is CCC1SC(=NN=Cc2ccc(OC)c(OC)c2)N(Cc2ccccc2C)C1=O. The molecule has 2 aromatic carbocycles. The van der Waals surface area contributed by atoms with Crippen LogP contribution in [0.2, 0.25) is 0 Å². The van der Waals surface area contributed by atoms with E-state index >= 15 is 0 Å². The smallest absolute Gasteiger partial charge is 0.242 e. The third kappa shape index (κ3) is 4.79. The number of rotatable bonds is 7. The van der Waals surface area contributed by atoms with Crippen LogP contribution in [-0.2, 0) is 11.3 Å². The Kier molecular flexibility index (Phi) is 6.93. The summed E-state index contributed by atoms with van der Waals surface area (Å²) in [5.74, 6) is 1.37. The highest BCUT2D eigenvalue weighted by atomic mass is 32.2. The van der Waals surface area contributed by atoms with E-state index in [2.05, 4.69) is 10.2 Å². The van der Waals surface area contributed by atoms with E-state index in [-0.39, 0.29) is 11.2 Å². The minimum Gasteiger partial charge on any atom is -0.493 e. The number of amidine groups is 1. The first kappa shape index (κ1) is 20.9. The van der Waals surface area contributed by atoms with E-state index in [4.69, 9.17) is 9.47 Å². The van der Waals surface area contributed by atoms with Crippen LogP contribution in [0.5, 0.6) is 11.5 Å². The molecule has 0 bridgehead atoms. The normalized spacial score (nSPS) is 18.1. The molecule has 0 aliphatic carbocycles. The molecule has 6 nitrogen and oxygen atoms in total. The molecule has 0 N–H and O–H groups in total. The molecular formula is C22H25N3O3S. The van der Waals surface area contributed by atoms with Crippen molar-refractivity contribution in [2.45, 2.75) is 32.1 Å². The maximum absolute atomic E-state index is 12.8. The summed E-state index contributed by atoms with van der Waals surface area (Å²) in [6, 6.07) is 13.6. The first-order valence-corrected chi connectivity index (χ1v) is 10.3. The van der Waals surface area contributed by atoms with Crippen molar-refractivity contribution in [3.05, 3.63) is 59.2 Å². The number of benzene rings is 2. The Morgan fingerprint density at radius 1 is 1.14 bits per heavy atom. The maximum atomic E-state index is 12.8. The van der Waals surface area contributed by atoms with Crippen LogP contribution in [0.15, 0.2) is 52.7 Å². The molecule has 7 heteroatoms. The lowest BCUT2D eigenvalue weighted by molar-refractivity contribution is -0.126. The third-order valence-corrected chi connectivity index (χ3v) is 6.07. The van der Waals surface area contributed by atoms with Crippen molar-refractivity contribution in [2.24, 2.45) is 10.2 Å². The first-order valence-electron chi connectivity index (χ1n) is 9.43. The van der Waals surface area contributed by atoms with E-state index in [1.54, 1.807) is 25.3 Å². The minimum atomic E-state index is -0.117. The van der Waals surface area contributed by atoms with Gasteiger partial charge < -0.3 is 9.47 Å². The Labute approximate surface area is 175 Å². The molecule has 1 fully saturated rings. The second kappa shape index (κ2) is 9.60. The van der Waals surface area contributed by atoms with Crippen LogP contribution in [0, 0.1) is 6.92 Å². The zero-order chi connectivity index (χ0) is 20.8. The van der Waals surface area contributed by atoms with Crippen molar-refractivity contribution in [3.63, 3.8) is 0 Å². The lowest BCUT2D eigenvalue weighted by Crippen LogP contribution is -2.31. The molecule has 1 heterocycles. The third-order valence-electron chi connectivity index (χ3n) is 4.74. The van der Waals surface area contributed by atoms with E-state index in [1.807, 2.05) is 56.3 Å². The Morgan fingerprint density at radius 2 is 1.90 bits per heavy atom. The van der Waals surface area contributed by atoms with Crippen molar-refractivity contribution < 1.29 is 14.3 Å². The number of thioether (sulfide) groups is 1. The van der Waals surface area contributed by atoms with Gasteiger partial charge in [-0.15, -0.1) is 5.10 Å². The van der Waals surface area contributed by atoms with Crippen LogP contribution in [-0.4, -0.2) is 41.7 Å². The lowest BCUT2D eigenvalue weighted by atomic mass is 10.1. The Morgan fingerprint density at radius 3 is 2.59 bits per heavy atom. The van der Waals surface area contributed by atoms with Crippen LogP contribution in [0.25, 0.3) is 0 Å². The van der Waals surface area contributed by atoms with Gasteiger partial charge in [0.15, 0.2) is 16.7 Å². The molecule has 1 unspecified atom stereocenters. The zero-order valence-corrected chi connectivity index (χ0v) is 17.9. The van der Waals surface area contributed by atoms with E-state index in [0.29, 0.717) is 23.2 Å². The monoisotopic (exact) mass is 411 g/mol. The summed E-state index contributed by atoms with van der Waals surface area (Å²) in [7, 11) is 3.19. The minimum absolute atomic E-state index is 0.0841. The first-order chi connectivity index (χ1) is 14.1. The number of hydrogen-bond donors (Lipinski definition) is 0. The van der Waals surface area contributed by atoms with E-state index in [0.717, 1.165) is 23.1 Å². The van der Waals surface area contributed by atoms with E-state index in [1.165, 1.54) is 11.8 Å². The molecule has 0 radical (unpaired) electrons. The number of carbonyl (C=O) groups is 1. The summed E-state index contributed by atoms with van der Waals surface area (Å²) in [6.07, 6.45) is 2.40. The number of carbonyl (C=O) groups excluding carboxylic acids is 1. The zero-order valence-electron chi connectivity index (χ0n) is 17.1. The van der Waals surface area contributed by atoms with Crippen LogP contribution in [0.3, 0.4) is 0 Å². The van der Waals surface area contributed by atoms with Gasteiger partial charge in [0.05, 0.1) is 32.2 Å². The van der Waals surface area contributed by atoms with E-state index < -0.39 is 0 Å². The molecule has 1 saturated heterocycles. The Bertz CT molecular complexity index is 943.